The largest absolute Gasteiger partial charge is 0.508 e. The van der Waals surface area contributed by atoms with Gasteiger partial charge in [-0.15, -0.1) is 0 Å². The second-order valence-electron chi connectivity index (χ2n) is 4.52. The maximum absolute atomic E-state index is 13.2. The Balaban J connectivity index is 2.02. The number of aromatic hydroxyl groups is 1. The smallest absolute Gasteiger partial charge is 0.171 e. The third-order valence-corrected chi connectivity index (χ3v) is 3.35. The minimum absolute atomic E-state index is 0.0495. The van der Waals surface area contributed by atoms with E-state index >= 15 is 0 Å². The van der Waals surface area contributed by atoms with Crippen molar-refractivity contribution in [1.82, 2.24) is 0 Å². The molecule has 0 saturated heterocycles. The normalized spacial score (nSPS) is 17.8. The molecule has 0 saturated carbocycles. The number of halogens is 1. The molecule has 0 bridgehead atoms. The summed E-state index contributed by atoms with van der Waals surface area (Å²) in [5.74, 6) is -0.634. The molecule has 90 valence electrons. The number of benzene rings is 2. The zero-order chi connectivity index (χ0) is 12.7. The predicted molar refractivity (Wildman–Crippen MR) is 65.3 cm³/mol. The van der Waals surface area contributed by atoms with Crippen LogP contribution >= 0.6 is 0 Å². The molecule has 1 unspecified atom stereocenters. The molecule has 3 heteroatoms. The summed E-state index contributed by atoms with van der Waals surface area (Å²) in [5.41, 5.74) is 2.15. The van der Waals surface area contributed by atoms with E-state index in [9.17, 15) is 14.3 Å². The van der Waals surface area contributed by atoms with Crippen LogP contribution in [0.3, 0.4) is 0 Å². The van der Waals surface area contributed by atoms with E-state index in [1.54, 1.807) is 24.3 Å². The first kappa shape index (κ1) is 11.0. The summed E-state index contributed by atoms with van der Waals surface area (Å²) in [6.07, 6.45) is 0.567. The fourth-order valence-electron chi connectivity index (χ4n) is 2.46. The van der Waals surface area contributed by atoms with Crippen LogP contribution in [0.15, 0.2) is 42.5 Å². The van der Waals surface area contributed by atoms with Gasteiger partial charge in [0.05, 0.1) is 5.92 Å². The lowest BCUT2D eigenvalue weighted by Crippen LogP contribution is -2.07. The van der Waals surface area contributed by atoms with Gasteiger partial charge in [-0.1, -0.05) is 18.2 Å². The minimum atomic E-state index is -0.336. The minimum Gasteiger partial charge on any atom is -0.508 e. The van der Waals surface area contributed by atoms with Crippen LogP contribution in [-0.2, 0) is 6.42 Å². The lowest BCUT2D eigenvalue weighted by Gasteiger charge is -2.07. The first-order valence-corrected chi connectivity index (χ1v) is 5.77. The molecule has 0 amide bonds. The molecule has 0 heterocycles. The summed E-state index contributed by atoms with van der Waals surface area (Å²) in [4.78, 5) is 12.2. The van der Waals surface area contributed by atoms with E-state index in [2.05, 4.69) is 0 Å². The van der Waals surface area contributed by atoms with Crippen LogP contribution in [0.2, 0.25) is 0 Å². The van der Waals surface area contributed by atoms with E-state index in [0.29, 0.717) is 17.5 Å². The number of phenolic OH excluding ortho intramolecular Hbond substituents is 1. The summed E-state index contributed by atoms with van der Waals surface area (Å²) < 4.78 is 13.2. The number of carbonyl (C=O) groups is 1. The summed E-state index contributed by atoms with van der Waals surface area (Å²) >= 11 is 0. The molecular formula is C15H11FO2. The zero-order valence-corrected chi connectivity index (χ0v) is 9.56. The number of Topliss-reactive ketones (excluding diaryl/α,β-unsaturated/α-hetero) is 1. The van der Waals surface area contributed by atoms with Crippen LogP contribution in [0.4, 0.5) is 4.39 Å². The van der Waals surface area contributed by atoms with Gasteiger partial charge in [0.2, 0.25) is 0 Å². The monoisotopic (exact) mass is 242 g/mol. The van der Waals surface area contributed by atoms with Gasteiger partial charge < -0.3 is 5.11 Å². The van der Waals surface area contributed by atoms with Gasteiger partial charge in [-0.05, 0) is 41.8 Å². The molecule has 1 N–H and O–H groups in total. The van der Waals surface area contributed by atoms with Gasteiger partial charge in [0.1, 0.15) is 11.6 Å². The average molecular weight is 242 g/mol. The second-order valence-corrected chi connectivity index (χ2v) is 4.52. The molecule has 2 aromatic rings. The summed E-state index contributed by atoms with van der Waals surface area (Å²) in [7, 11) is 0. The van der Waals surface area contributed by atoms with Crippen molar-refractivity contribution in [1.29, 1.82) is 0 Å². The molecule has 1 aliphatic rings. The maximum atomic E-state index is 13.2. The molecule has 3 rings (SSSR count). The number of ketones is 1. The number of fused-ring (bicyclic) bond motifs is 1. The number of hydrogen-bond donors (Lipinski definition) is 1. The number of hydrogen-bond acceptors (Lipinski definition) is 2. The van der Waals surface area contributed by atoms with Gasteiger partial charge in [-0.25, -0.2) is 4.39 Å². The van der Waals surface area contributed by atoms with E-state index in [4.69, 9.17) is 0 Å². The summed E-state index contributed by atoms with van der Waals surface area (Å²) in [6.45, 7) is 0. The molecule has 1 aliphatic carbocycles. The van der Waals surface area contributed by atoms with E-state index in [-0.39, 0.29) is 23.3 Å². The van der Waals surface area contributed by atoms with Crippen LogP contribution < -0.4 is 0 Å². The van der Waals surface area contributed by atoms with Gasteiger partial charge in [-0.2, -0.15) is 0 Å². The Morgan fingerprint density at radius 2 is 2.00 bits per heavy atom. The number of carbonyl (C=O) groups excluding carboxylic acids is 1. The molecule has 0 fully saturated rings. The van der Waals surface area contributed by atoms with Crippen molar-refractivity contribution in [3.63, 3.8) is 0 Å². The lowest BCUT2D eigenvalue weighted by molar-refractivity contribution is 0.0972. The zero-order valence-electron chi connectivity index (χ0n) is 9.56. The fourth-order valence-corrected chi connectivity index (χ4v) is 2.46. The van der Waals surface area contributed by atoms with E-state index < -0.39 is 0 Å². The Kier molecular flexibility index (Phi) is 2.40. The molecule has 1 atom stereocenters. The van der Waals surface area contributed by atoms with Crippen LogP contribution in [0.5, 0.6) is 5.75 Å². The molecule has 0 spiro atoms. The fraction of sp³-hybridized carbons (Fsp3) is 0.133. The highest BCUT2D eigenvalue weighted by molar-refractivity contribution is 6.05. The van der Waals surface area contributed by atoms with Gasteiger partial charge in [-0.3, -0.25) is 4.79 Å². The number of rotatable bonds is 1. The van der Waals surface area contributed by atoms with Gasteiger partial charge in [0, 0.05) is 5.56 Å². The molecule has 2 nitrogen and oxygen atoms in total. The number of phenols is 1. The molecule has 2 aromatic carbocycles. The van der Waals surface area contributed by atoms with Crippen molar-refractivity contribution in [2.24, 2.45) is 0 Å². The standard InChI is InChI=1S/C15H11FO2/c16-11-3-1-2-9(6-11)13-7-10-4-5-12(17)8-14(10)15(13)18/h1-6,8,13,17H,7H2. The van der Waals surface area contributed by atoms with E-state index in [0.717, 1.165) is 5.56 Å². The van der Waals surface area contributed by atoms with Crippen LogP contribution in [0, 0.1) is 5.82 Å². The first-order valence-electron chi connectivity index (χ1n) is 5.77. The quantitative estimate of drug-likeness (QED) is 0.834. The van der Waals surface area contributed by atoms with Crippen molar-refractivity contribution in [3.05, 3.63) is 65.0 Å². The molecular weight excluding hydrogens is 231 g/mol. The average Bonchev–Trinajstić information content (AvgIpc) is 2.67. The highest BCUT2D eigenvalue weighted by Gasteiger charge is 2.31. The Bertz CT molecular complexity index is 634. The SMILES string of the molecule is O=C1c2cc(O)ccc2CC1c1cccc(F)c1. The third-order valence-electron chi connectivity index (χ3n) is 3.35. The van der Waals surface area contributed by atoms with Crippen LogP contribution in [0.25, 0.3) is 0 Å². The van der Waals surface area contributed by atoms with Crippen molar-refractivity contribution >= 4 is 5.78 Å². The molecule has 0 aliphatic heterocycles. The van der Waals surface area contributed by atoms with Gasteiger partial charge >= 0.3 is 0 Å². The second kappa shape index (κ2) is 3.95. The Morgan fingerprint density at radius 3 is 2.78 bits per heavy atom. The maximum Gasteiger partial charge on any atom is 0.171 e. The Hall–Kier alpha value is -2.16. The highest BCUT2D eigenvalue weighted by Crippen LogP contribution is 2.35. The van der Waals surface area contributed by atoms with Crippen LogP contribution in [-0.4, -0.2) is 10.9 Å². The molecule has 0 radical (unpaired) electrons. The Morgan fingerprint density at radius 1 is 1.17 bits per heavy atom. The third kappa shape index (κ3) is 1.68. The van der Waals surface area contributed by atoms with Crippen LogP contribution in [0.1, 0.15) is 27.4 Å². The highest BCUT2D eigenvalue weighted by atomic mass is 19.1. The summed E-state index contributed by atoms with van der Waals surface area (Å²) in [5, 5.41) is 9.40. The van der Waals surface area contributed by atoms with Gasteiger partial charge in [0.25, 0.3) is 0 Å². The summed E-state index contributed by atoms with van der Waals surface area (Å²) in [6, 6.07) is 10.9. The lowest BCUT2D eigenvalue weighted by atomic mass is 9.95. The topological polar surface area (TPSA) is 37.3 Å². The van der Waals surface area contributed by atoms with Crippen molar-refractivity contribution in [2.45, 2.75) is 12.3 Å². The van der Waals surface area contributed by atoms with Crippen molar-refractivity contribution in [3.8, 4) is 5.75 Å². The van der Waals surface area contributed by atoms with Gasteiger partial charge in [0.15, 0.2) is 5.78 Å². The predicted octanol–water partition coefficient (Wildman–Crippen LogP) is 3.05. The Labute approximate surface area is 104 Å². The first-order chi connectivity index (χ1) is 8.65. The van der Waals surface area contributed by atoms with Crippen molar-refractivity contribution in [2.75, 3.05) is 0 Å². The van der Waals surface area contributed by atoms with Crippen molar-refractivity contribution < 1.29 is 14.3 Å². The van der Waals surface area contributed by atoms with E-state index in [1.165, 1.54) is 18.2 Å². The van der Waals surface area contributed by atoms with E-state index in [1.807, 2.05) is 0 Å². The molecule has 0 aromatic heterocycles. The molecule has 18 heavy (non-hydrogen) atoms.